The van der Waals surface area contributed by atoms with Gasteiger partial charge in [0, 0.05) is 12.4 Å². The van der Waals surface area contributed by atoms with Gasteiger partial charge in [0.15, 0.2) is 0 Å². The summed E-state index contributed by atoms with van der Waals surface area (Å²) >= 11 is 5.33. The van der Waals surface area contributed by atoms with Crippen molar-refractivity contribution < 1.29 is 13.5 Å². The lowest BCUT2D eigenvalue weighted by Gasteiger charge is -2.06. The third-order valence-corrected chi connectivity index (χ3v) is 2.85. The Hall–Kier alpha value is 0.160. The third kappa shape index (κ3) is 6.84. The lowest BCUT2D eigenvalue weighted by Crippen LogP contribution is -2.32. The summed E-state index contributed by atoms with van der Waals surface area (Å²) in [5, 5.41) is 8.79. The van der Waals surface area contributed by atoms with Gasteiger partial charge in [-0.25, -0.2) is 13.1 Å². The molecule has 0 unspecified atom stereocenters. The molecule has 0 aliphatic rings. The van der Waals surface area contributed by atoms with Crippen LogP contribution in [0.25, 0.3) is 0 Å². The van der Waals surface area contributed by atoms with Crippen LogP contribution in [0, 0.1) is 0 Å². The third-order valence-electron chi connectivity index (χ3n) is 1.15. The molecule has 12 heavy (non-hydrogen) atoms. The highest BCUT2D eigenvalue weighted by atomic mass is 35.5. The van der Waals surface area contributed by atoms with Crippen LogP contribution in [0.1, 0.15) is 13.3 Å². The van der Waals surface area contributed by atoms with Crippen LogP contribution in [-0.4, -0.2) is 37.8 Å². The van der Waals surface area contributed by atoms with Crippen LogP contribution < -0.4 is 4.72 Å². The van der Waals surface area contributed by atoms with Gasteiger partial charge >= 0.3 is 0 Å². The molecule has 1 atom stereocenters. The second kappa shape index (κ2) is 5.75. The molecule has 2 N–H and O–H groups in total. The van der Waals surface area contributed by atoms with Crippen molar-refractivity contribution in [2.45, 2.75) is 19.4 Å². The van der Waals surface area contributed by atoms with Gasteiger partial charge in [-0.3, -0.25) is 0 Å². The van der Waals surface area contributed by atoms with Crippen LogP contribution >= 0.6 is 11.6 Å². The van der Waals surface area contributed by atoms with Crippen LogP contribution in [-0.2, 0) is 10.0 Å². The van der Waals surface area contributed by atoms with E-state index < -0.39 is 16.1 Å². The van der Waals surface area contributed by atoms with Gasteiger partial charge in [-0.1, -0.05) is 0 Å². The number of aliphatic hydroxyl groups is 1. The minimum Gasteiger partial charge on any atom is -0.392 e. The second-order valence-corrected chi connectivity index (χ2v) is 4.86. The highest BCUT2D eigenvalue weighted by molar-refractivity contribution is 7.89. The minimum atomic E-state index is -3.23. The van der Waals surface area contributed by atoms with Gasteiger partial charge in [-0.15, -0.1) is 11.6 Å². The van der Waals surface area contributed by atoms with E-state index in [1.54, 1.807) is 0 Å². The number of hydrogen-bond acceptors (Lipinski definition) is 3. The number of alkyl halides is 1. The van der Waals surface area contributed by atoms with E-state index in [0.717, 1.165) is 0 Å². The molecule has 0 aliphatic heterocycles. The van der Waals surface area contributed by atoms with E-state index in [1.165, 1.54) is 6.92 Å². The zero-order chi connectivity index (χ0) is 9.61. The van der Waals surface area contributed by atoms with Gasteiger partial charge in [-0.05, 0) is 13.3 Å². The lowest BCUT2D eigenvalue weighted by molar-refractivity contribution is 0.198. The first-order valence-corrected chi connectivity index (χ1v) is 5.88. The largest absolute Gasteiger partial charge is 0.392 e. The molecule has 6 heteroatoms. The molecule has 0 aliphatic carbocycles. The van der Waals surface area contributed by atoms with E-state index >= 15 is 0 Å². The van der Waals surface area contributed by atoms with Crippen LogP contribution in [0.5, 0.6) is 0 Å². The Kier molecular flexibility index (Phi) is 5.82. The number of nitrogens with one attached hydrogen (secondary N) is 1. The zero-order valence-corrected chi connectivity index (χ0v) is 8.53. The van der Waals surface area contributed by atoms with E-state index in [1.807, 2.05) is 0 Å². The van der Waals surface area contributed by atoms with E-state index in [-0.39, 0.29) is 12.3 Å². The van der Waals surface area contributed by atoms with E-state index in [0.29, 0.717) is 12.3 Å². The zero-order valence-electron chi connectivity index (χ0n) is 6.96. The fraction of sp³-hybridized carbons (Fsp3) is 1.00. The number of sulfonamides is 1. The first-order chi connectivity index (χ1) is 5.48. The molecular weight excluding hydrogens is 202 g/mol. The Morgan fingerprint density at radius 3 is 2.58 bits per heavy atom. The first-order valence-electron chi connectivity index (χ1n) is 3.69. The van der Waals surface area contributed by atoms with E-state index in [9.17, 15) is 8.42 Å². The van der Waals surface area contributed by atoms with Crippen molar-refractivity contribution in [1.82, 2.24) is 4.72 Å². The van der Waals surface area contributed by atoms with Gasteiger partial charge in [0.1, 0.15) is 0 Å². The maximum absolute atomic E-state index is 11.0. The monoisotopic (exact) mass is 215 g/mol. The van der Waals surface area contributed by atoms with Crippen molar-refractivity contribution in [2.24, 2.45) is 0 Å². The molecule has 74 valence electrons. The predicted octanol–water partition coefficient (Wildman–Crippen LogP) is -0.0845. The maximum atomic E-state index is 11.0. The molecule has 0 bridgehead atoms. The summed E-state index contributed by atoms with van der Waals surface area (Å²) in [4.78, 5) is 0. The smallest absolute Gasteiger partial charge is 0.211 e. The topological polar surface area (TPSA) is 66.4 Å². The molecule has 0 fully saturated rings. The number of hydrogen-bond donors (Lipinski definition) is 2. The van der Waals surface area contributed by atoms with Gasteiger partial charge in [0.2, 0.25) is 10.0 Å². The van der Waals surface area contributed by atoms with Crippen LogP contribution in [0.3, 0.4) is 0 Å². The molecule has 0 radical (unpaired) electrons. The summed E-state index contributed by atoms with van der Waals surface area (Å²) < 4.78 is 24.3. The first kappa shape index (κ1) is 12.2. The summed E-state index contributed by atoms with van der Waals surface area (Å²) in [5.74, 6) is 0.346. The van der Waals surface area contributed by atoms with Crippen LogP contribution in [0.15, 0.2) is 0 Å². The molecule has 4 nitrogen and oxygen atoms in total. The SMILES string of the molecule is C[C@@H](O)CNS(=O)(=O)CCCCl. The molecule has 0 amide bonds. The van der Waals surface area contributed by atoms with Gasteiger partial charge in [-0.2, -0.15) is 0 Å². The highest BCUT2D eigenvalue weighted by Crippen LogP contribution is 1.92. The quantitative estimate of drug-likeness (QED) is 0.609. The minimum absolute atomic E-state index is 0.0171. The summed E-state index contributed by atoms with van der Waals surface area (Å²) in [6.45, 7) is 1.58. The molecule has 0 saturated heterocycles. The normalized spacial score (nSPS) is 14.6. The fourth-order valence-electron chi connectivity index (χ4n) is 0.564. The fourth-order valence-corrected chi connectivity index (χ4v) is 2.02. The Morgan fingerprint density at radius 1 is 1.58 bits per heavy atom. The Morgan fingerprint density at radius 2 is 2.17 bits per heavy atom. The average molecular weight is 216 g/mol. The van der Waals surface area contributed by atoms with Crippen molar-refractivity contribution >= 4 is 21.6 Å². The summed E-state index contributed by atoms with van der Waals surface area (Å²) in [5.41, 5.74) is 0. The van der Waals surface area contributed by atoms with Crippen molar-refractivity contribution in [3.8, 4) is 0 Å². The lowest BCUT2D eigenvalue weighted by atomic mass is 10.4. The molecule has 0 aromatic carbocycles. The summed E-state index contributed by atoms with van der Waals surface area (Å²) in [6, 6.07) is 0. The molecular formula is C6H14ClNO3S. The van der Waals surface area contributed by atoms with Gasteiger partial charge < -0.3 is 5.11 Å². The predicted molar refractivity (Wildman–Crippen MR) is 48.8 cm³/mol. The van der Waals surface area contributed by atoms with Crippen molar-refractivity contribution in [3.05, 3.63) is 0 Å². The molecule has 0 spiro atoms. The van der Waals surface area contributed by atoms with Crippen LogP contribution in [0.4, 0.5) is 0 Å². The Balaban J connectivity index is 3.73. The Labute approximate surface area is 78.0 Å². The molecule has 0 saturated carbocycles. The maximum Gasteiger partial charge on any atom is 0.211 e. The highest BCUT2D eigenvalue weighted by Gasteiger charge is 2.09. The van der Waals surface area contributed by atoms with Crippen molar-refractivity contribution in [3.63, 3.8) is 0 Å². The van der Waals surface area contributed by atoms with E-state index in [4.69, 9.17) is 16.7 Å². The number of rotatable bonds is 6. The average Bonchev–Trinajstić information content (AvgIpc) is 1.98. The molecule has 0 heterocycles. The number of aliphatic hydroxyl groups excluding tert-OH is 1. The van der Waals surface area contributed by atoms with Crippen LogP contribution in [0.2, 0.25) is 0 Å². The van der Waals surface area contributed by atoms with Gasteiger partial charge in [0.25, 0.3) is 0 Å². The standard InChI is InChI=1S/C6H14ClNO3S/c1-6(9)5-8-12(10,11)4-2-3-7/h6,8-9H,2-5H2,1H3/t6-/m1/s1. The summed E-state index contributed by atoms with van der Waals surface area (Å²) in [6.07, 6.45) is -0.229. The molecule has 0 aromatic rings. The molecule has 0 rings (SSSR count). The van der Waals surface area contributed by atoms with Gasteiger partial charge in [0.05, 0.1) is 11.9 Å². The van der Waals surface area contributed by atoms with Crippen molar-refractivity contribution in [2.75, 3.05) is 18.2 Å². The van der Waals surface area contributed by atoms with Crippen molar-refractivity contribution in [1.29, 1.82) is 0 Å². The second-order valence-electron chi connectivity index (χ2n) is 2.56. The van der Waals surface area contributed by atoms with E-state index in [2.05, 4.69) is 4.72 Å². The molecule has 0 aromatic heterocycles. The number of halogens is 1. The summed E-state index contributed by atoms with van der Waals surface area (Å²) in [7, 11) is -3.23. The Bertz CT molecular complexity index is 203.